The quantitative estimate of drug-likeness (QED) is 0.267. The van der Waals surface area contributed by atoms with Gasteiger partial charge in [-0.1, -0.05) is 42.5 Å². The number of nitrogens with zero attached hydrogens (tertiary/aromatic N) is 3. The molecule has 1 aliphatic rings. The molecule has 1 aliphatic heterocycles. The summed E-state index contributed by atoms with van der Waals surface area (Å²) in [5.41, 5.74) is 4.25. The molecule has 33 heavy (non-hydrogen) atoms. The lowest BCUT2D eigenvalue weighted by Crippen LogP contribution is -2.29. The van der Waals surface area contributed by atoms with Gasteiger partial charge in [0.15, 0.2) is 0 Å². The topological polar surface area (TPSA) is 99.3 Å². The van der Waals surface area contributed by atoms with Gasteiger partial charge in [-0.25, -0.2) is 9.78 Å². The van der Waals surface area contributed by atoms with Crippen LogP contribution in [0, 0.1) is 10.1 Å². The fourth-order valence-electron chi connectivity index (χ4n) is 4.12. The molecule has 5 rings (SSSR count). The molecular formula is C25H20N4O4. The Hall–Kier alpha value is -4.46. The van der Waals surface area contributed by atoms with Gasteiger partial charge >= 0.3 is 5.97 Å². The third-order valence-electron chi connectivity index (χ3n) is 5.68. The predicted octanol–water partition coefficient (Wildman–Crippen LogP) is 4.98. The Bertz CT molecular complexity index is 1390. The number of imidazole rings is 1. The maximum absolute atomic E-state index is 13.3. The Kier molecular flexibility index (Phi) is 5.10. The summed E-state index contributed by atoms with van der Waals surface area (Å²) >= 11 is 0. The van der Waals surface area contributed by atoms with Crippen molar-refractivity contribution >= 4 is 28.6 Å². The average Bonchev–Trinajstić information content (AvgIpc) is 3.20. The van der Waals surface area contributed by atoms with E-state index in [1.807, 2.05) is 59.2 Å². The third-order valence-corrected chi connectivity index (χ3v) is 5.68. The second kappa shape index (κ2) is 8.23. The zero-order valence-corrected chi connectivity index (χ0v) is 17.8. The first kappa shape index (κ1) is 20.4. The molecule has 1 N–H and O–H groups in total. The Labute approximate surface area is 189 Å². The van der Waals surface area contributed by atoms with E-state index in [1.165, 1.54) is 12.1 Å². The van der Waals surface area contributed by atoms with Crippen LogP contribution in [0.1, 0.15) is 24.1 Å². The lowest BCUT2D eigenvalue weighted by molar-refractivity contribution is -0.384. The van der Waals surface area contributed by atoms with Crippen LogP contribution in [0.25, 0.3) is 11.0 Å². The number of nitro benzene ring substituents is 1. The van der Waals surface area contributed by atoms with Crippen LogP contribution >= 0.6 is 0 Å². The van der Waals surface area contributed by atoms with Crippen molar-refractivity contribution in [1.29, 1.82) is 0 Å². The molecule has 0 fully saturated rings. The second-order valence-corrected chi connectivity index (χ2v) is 7.77. The molecule has 8 heteroatoms. The smallest absolute Gasteiger partial charge is 0.338 e. The number of rotatable bonds is 5. The highest BCUT2D eigenvalue weighted by atomic mass is 16.6. The first-order valence-electron chi connectivity index (χ1n) is 10.4. The van der Waals surface area contributed by atoms with Gasteiger partial charge in [0.25, 0.3) is 5.69 Å². The van der Waals surface area contributed by atoms with Gasteiger partial charge in [-0.3, -0.25) is 14.7 Å². The van der Waals surface area contributed by atoms with Gasteiger partial charge in [0.1, 0.15) is 6.61 Å². The van der Waals surface area contributed by atoms with E-state index in [2.05, 4.69) is 10.3 Å². The number of carbonyl (C=O) groups excluding carboxylic acids is 1. The van der Waals surface area contributed by atoms with Gasteiger partial charge in [-0.15, -0.1) is 0 Å². The monoisotopic (exact) mass is 440 g/mol. The Morgan fingerprint density at radius 2 is 1.76 bits per heavy atom. The van der Waals surface area contributed by atoms with Crippen molar-refractivity contribution < 1.29 is 14.5 Å². The second-order valence-electron chi connectivity index (χ2n) is 7.77. The van der Waals surface area contributed by atoms with E-state index in [0.717, 1.165) is 22.2 Å². The number of hydrogen-bond donors (Lipinski definition) is 1. The molecule has 1 aromatic heterocycles. The van der Waals surface area contributed by atoms with Crippen molar-refractivity contribution in [2.45, 2.75) is 19.6 Å². The number of nitrogens with one attached hydrogen (secondary N) is 1. The maximum Gasteiger partial charge on any atom is 0.338 e. The van der Waals surface area contributed by atoms with Gasteiger partial charge in [0, 0.05) is 17.8 Å². The van der Waals surface area contributed by atoms with Crippen molar-refractivity contribution in [3.05, 3.63) is 111 Å². The minimum absolute atomic E-state index is 0.0164. The molecule has 4 aromatic rings. The molecule has 0 bridgehead atoms. The molecule has 1 atom stereocenters. The molecule has 0 radical (unpaired) electrons. The summed E-state index contributed by atoms with van der Waals surface area (Å²) in [6.07, 6.45) is 0. The van der Waals surface area contributed by atoms with Crippen LogP contribution in [0.3, 0.4) is 0 Å². The molecule has 1 unspecified atom stereocenters. The van der Waals surface area contributed by atoms with E-state index in [1.54, 1.807) is 19.1 Å². The Balaban J connectivity index is 1.59. The normalized spacial score (nSPS) is 15.1. The first-order chi connectivity index (χ1) is 16.0. The van der Waals surface area contributed by atoms with E-state index in [-0.39, 0.29) is 12.3 Å². The van der Waals surface area contributed by atoms with Crippen molar-refractivity contribution in [3.8, 4) is 0 Å². The summed E-state index contributed by atoms with van der Waals surface area (Å²) in [5, 5.41) is 14.4. The number of esters is 1. The molecule has 0 amide bonds. The molecule has 3 aromatic carbocycles. The summed E-state index contributed by atoms with van der Waals surface area (Å²) in [5.74, 6) is 0.132. The van der Waals surface area contributed by atoms with Crippen LogP contribution in [0.4, 0.5) is 11.6 Å². The van der Waals surface area contributed by atoms with Gasteiger partial charge in [0.05, 0.1) is 27.6 Å². The number of hydrogen-bond acceptors (Lipinski definition) is 6. The van der Waals surface area contributed by atoms with Crippen LogP contribution in [0.2, 0.25) is 0 Å². The minimum Gasteiger partial charge on any atom is -0.457 e. The lowest BCUT2D eigenvalue weighted by atomic mass is 9.95. The standard InChI is InChI=1S/C25H20N4O4/c1-16-22(24(30)33-15-17-7-3-2-4-8-17)23(18-11-13-19(14-12-18)29(31)32)28-21-10-6-5-9-20(21)27-25(28)26-16/h2-14,23H,15H2,1H3,(H,26,27). The molecule has 0 aliphatic carbocycles. The molecular weight excluding hydrogens is 420 g/mol. The summed E-state index contributed by atoms with van der Waals surface area (Å²) in [7, 11) is 0. The van der Waals surface area contributed by atoms with E-state index < -0.39 is 16.9 Å². The number of ether oxygens (including phenoxy) is 1. The van der Waals surface area contributed by atoms with E-state index in [9.17, 15) is 14.9 Å². The first-order valence-corrected chi connectivity index (χ1v) is 10.4. The van der Waals surface area contributed by atoms with Crippen LogP contribution in [-0.2, 0) is 16.1 Å². The number of fused-ring (bicyclic) bond motifs is 3. The number of carbonyl (C=O) groups is 1. The van der Waals surface area contributed by atoms with Crippen LogP contribution in [0.15, 0.2) is 90.1 Å². The van der Waals surface area contributed by atoms with Crippen molar-refractivity contribution in [2.75, 3.05) is 5.32 Å². The highest BCUT2D eigenvalue weighted by molar-refractivity contribution is 5.94. The number of allylic oxidation sites excluding steroid dienone is 1. The number of benzene rings is 3. The zero-order chi connectivity index (χ0) is 22.9. The van der Waals surface area contributed by atoms with Gasteiger partial charge in [-0.05, 0) is 42.3 Å². The van der Waals surface area contributed by atoms with Crippen LogP contribution in [0.5, 0.6) is 0 Å². The van der Waals surface area contributed by atoms with Gasteiger partial charge in [0.2, 0.25) is 5.95 Å². The fraction of sp³-hybridized carbons (Fsp3) is 0.120. The highest BCUT2D eigenvalue weighted by Gasteiger charge is 2.35. The fourth-order valence-corrected chi connectivity index (χ4v) is 4.12. The van der Waals surface area contributed by atoms with Gasteiger partial charge < -0.3 is 10.1 Å². The summed E-state index contributed by atoms with van der Waals surface area (Å²) in [4.78, 5) is 28.7. The average molecular weight is 440 g/mol. The SMILES string of the molecule is CC1=C(C(=O)OCc2ccccc2)C(c2ccc([N+](=O)[O-])cc2)n2c(nc3ccccc32)N1. The van der Waals surface area contributed by atoms with Gasteiger partial charge in [-0.2, -0.15) is 0 Å². The highest BCUT2D eigenvalue weighted by Crippen LogP contribution is 2.40. The minimum atomic E-state index is -0.558. The number of nitro groups is 1. The predicted molar refractivity (Wildman–Crippen MR) is 124 cm³/mol. The summed E-state index contributed by atoms with van der Waals surface area (Å²) in [6.45, 7) is 1.95. The van der Waals surface area contributed by atoms with Crippen molar-refractivity contribution in [1.82, 2.24) is 9.55 Å². The van der Waals surface area contributed by atoms with E-state index in [0.29, 0.717) is 17.2 Å². The molecule has 164 valence electrons. The number of para-hydroxylation sites is 2. The van der Waals surface area contributed by atoms with Crippen molar-refractivity contribution in [3.63, 3.8) is 0 Å². The largest absolute Gasteiger partial charge is 0.457 e. The lowest BCUT2D eigenvalue weighted by Gasteiger charge is -2.30. The number of aromatic nitrogens is 2. The number of anilines is 1. The Morgan fingerprint density at radius 1 is 1.06 bits per heavy atom. The molecule has 8 nitrogen and oxygen atoms in total. The van der Waals surface area contributed by atoms with Crippen LogP contribution < -0.4 is 5.32 Å². The molecule has 2 heterocycles. The number of non-ortho nitro benzene ring substituents is 1. The van der Waals surface area contributed by atoms with E-state index in [4.69, 9.17) is 4.74 Å². The maximum atomic E-state index is 13.3. The Morgan fingerprint density at radius 3 is 2.48 bits per heavy atom. The zero-order valence-electron chi connectivity index (χ0n) is 17.8. The molecule has 0 spiro atoms. The van der Waals surface area contributed by atoms with Crippen LogP contribution in [-0.4, -0.2) is 20.4 Å². The summed E-state index contributed by atoms with van der Waals surface area (Å²) in [6, 6.07) is 22.8. The molecule has 0 saturated carbocycles. The van der Waals surface area contributed by atoms with Crippen molar-refractivity contribution in [2.24, 2.45) is 0 Å². The van der Waals surface area contributed by atoms with E-state index >= 15 is 0 Å². The summed E-state index contributed by atoms with van der Waals surface area (Å²) < 4.78 is 7.61. The third kappa shape index (κ3) is 3.71. The molecule has 0 saturated heterocycles.